The highest BCUT2D eigenvalue weighted by atomic mass is 35.5. The molecule has 0 saturated carbocycles. The lowest BCUT2D eigenvalue weighted by Gasteiger charge is -2.19. The van der Waals surface area contributed by atoms with Crippen molar-refractivity contribution in [2.45, 2.75) is 6.92 Å². The van der Waals surface area contributed by atoms with E-state index in [4.69, 9.17) is 23.2 Å². The molecule has 0 unspecified atom stereocenters. The van der Waals surface area contributed by atoms with Gasteiger partial charge in [0.1, 0.15) is 17.2 Å². The maximum atomic E-state index is 14.4. The summed E-state index contributed by atoms with van der Waals surface area (Å²) in [6.07, 6.45) is 1.36. The highest BCUT2D eigenvalue weighted by molar-refractivity contribution is 6.42. The van der Waals surface area contributed by atoms with E-state index in [1.54, 1.807) is 0 Å². The molecule has 1 aromatic heterocycles. The second kappa shape index (κ2) is 7.81. The summed E-state index contributed by atoms with van der Waals surface area (Å²) < 4.78 is 28.6. The highest BCUT2D eigenvalue weighted by Crippen LogP contribution is 2.34. The van der Waals surface area contributed by atoms with E-state index in [1.807, 2.05) is 0 Å². The molecule has 0 aliphatic carbocycles. The molecular weight excluding hydrogens is 423 g/mol. The van der Waals surface area contributed by atoms with E-state index in [2.05, 4.69) is 6.58 Å². The van der Waals surface area contributed by atoms with Crippen LogP contribution < -0.4 is 5.56 Å². The van der Waals surface area contributed by atoms with Gasteiger partial charge in [-0.2, -0.15) is 0 Å². The third kappa shape index (κ3) is 3.57. The van der Waals surface area contributed by atoms with Crippen LogP contribution in [0.5, 0.6) is 0 Å². The van der Waals surface area contributed by atoms with E-state index in [9.17, 15) is 23.5 Å². The molecule has 148 valence electrons. The number of pyridine rings is 1. The molecule has 3 aromatic rings. The van der Waals surface area contributed by atoms with Gasteiger partial charge in [-0.25, -0.2) is 13.6 Å². The monoisotopic (exact) mass is 435 g/mol. The largest absolute Gasteiger partial charge is 0.477 e. The predicted octanol–water partition coefficient (Wildman–Crippen LogP) is 5.74. The topological polar surface area (TPSA) is 59.3 Å². The molecule has 0 atom stereocenters. The van der Waals surface area contributed by atoms with Crippen LogP contribution in [0.25, 0.3) is 22.9 Å². The number of nitrogens with zero attached hydrogens (tertiary/aromatic N) is 1. The van der Waals surface area contributed by atoms with Gasteiger partial charge in [0, 0.05) is 22.9 Å². The molecule has 0 fully saturated rings. The second-order valence-electron chi connectivity index (χ2n) is 6.12. The summed E-state index contributed by atoms with van der Waals surface area (Å²) in [6, 6.07) is 7.08. The second-order valence-corrected chi connectivity index (χ2v) is 6.94. The zero-order valence-corrected chi connectivity index (χ0v) is 16.5. The summed E-state index contributed by atoms with van der Waals surface area (Å²) in [5.74, 6) is -3.36. The number of carboxylic acids is 1. The Morgan fingerprint density at radius 2 is 1.83 bits per heavy atom. The van der Waals surface area contributed by atoms with Gasteiger partial charge in [0.25, 0.3) is 5.56 Å². The van der Waals surface area contributed by atoms with Gasteiger partial charge in [0.15, 0.2) is 0 Å². The molecule has 0 amide bonds. The number of hydrogen-bond donors (Lipinski definition) is 1. The zero-order valence-electron chi connectivity index (χ0n) is 15.0. The molecule has 0 saturated heterocycles. The van der Waals surface area contributed by atoms with Crippen LogP contribution in [-0.4, -0.2) is 15.6 Å². The van der Waals surface area contributed by atoms with Gasteiger partial charge in [0.2, 0.25) is 0 Å². The first kappa shape index (κ1) is 20.8. The predicted molar refractivity (Wildman–Crippen MR) is 109 cm³/mol. The zero-order chi connectivity index (χ0) is 21.5. The van der Waals surface area contributed by atoms with Gasteiger partial charge in [-0.05, 0) is 36.8 Å². The third-order valence-corrected chi connectivity index (χ3v) is 5.18. The molecule has 2 aromatic carbocycles. The fourth-order valence-corrected chi connectivity index (χ4v) is 3.46. The van der Waals surface area contributed by atoms with Crippen LogP contribution in [0.4, 0.5) is 8.78 Å². The number of aromatic nitrogens is 1. The van der Waals surface area contributed by atoms with Crippen LogP contribution in [0.2, 0.25) is 10.0 Å². The lowest BCUT2D eigenvalue weighted by atomic mass is 9.93. The fraction of sp³-hybridized carbons (Fsp3) is 0.0476. The van der Waals surface area contributed by atoms with Crippen LogP contribution in [-0.2, 0) is 0 Å². The summed E-state index contributed by atoms with van der Waals surface area (Å²) in [4.78, 5) is 25.1. The van der Waals surface area contributed by atoms with Crippen LogP contribution in [0.15, 0.2) is 47.8 Å². The fourth-order valence-electron chi connectivity index (χ4n) is 3.16. The van der Waals surface area contributed by atoms with Crippen molar-refractivity contribution in [3.05, 3.63) is 91.8 Å². The van der Waals surface area contributed by atoms with Gasteiger partial charge < -0.3 is 5.11 Å². The Hall–Kier alpha value is -2.96. The van der Waals surface area contributed by atoms with Crippen LogP contribution in [0.1, 0.15) is 21.6 Å². The Kier molecular flexibility index (Phi) is 5.59. The van der Waals surface area contributed by atoms with Crippen molar-refractivity contribution in [3.8, 4) is 16.8 Å². The molecular formula is C21H13Cl2F2NO3. The van der Waals surface area contributed by atoms with Crippen molar-refractivity contribution in [2.75, 3.05) is 0 Å². The summed E-state index contributed by atoms with van der Waals surface area (Å²) in [5, 5.41) is 10.2. The smallest absolute Gasteiger partial charge is 0.342 e. The summed E-state index contributed by atoms with van der Waals surface area (Å²) in [5.41, 5.74) is -0.948. The lowest BCUT2D eigenvalue weighted by Crippen LogP contribution is -2.30. The molecule has 0 spiro atoms. The Balaban J connectivity index is 2.49. The Morgan fingerprint density at radius 1 is 1.14 bits per heavy atom. The minimum atomic E-state index is -1.52. The van der Waals surface area contributed by atoms with Gasteiger partial charge in [-0.1, -0.05) is 41.9 Å². The summed E-state index contributed by atoms with van der Waals surface area (Å²) in [6.45, 7) is 5.21. The molecule has 4 nitrogen and oxygen atoms in total. The first-order valence-electron chi connectivity index (χ1n) is 8.23. The molecule has 1 heterocycles. The van der Waals surface area contributed by atoms with Gasteiger partial charge in [0.05, 0.1) is 15.7 Å². The van der Waals surface area contributed by atoms with E-state index < -0.39 is 28.7 Å². The maximum absolute atomic E-state index is 14.4. The standard InChI is InChI=1S/C21H13Cl2F2NO3/c1-3-13-10(2)26(17-7-5-12(24)9-16(17)25)20(27)19(21(28)29)18(13)11-4-6-14(22)15(23)8-11/h3-9H,1H2,2H3,(H,28,29). The number of rotatable bonds is 4. The molecule has 0 aliphatic heterocycles. The molecule has 29 heavy (non-hydrogen) atoms. The number of aromatic carboxylic acids is 1. The first-order valence-corrected chi connectivity index (χ1v) is 8.99. The summed E-state index contributed by atoms with van der Waals surface area (Å²) >= 11 is 12.0. The van der Waals surface area contributed by atoms with Gasteiger partial charge >= 0.3 is 5.97 Å². The van der Waals surface area contributed by atoms with Crippen molar-refractivity contribution < 1.29 is 18.7 Å². The Labute approximate surface area is 174 Å². The van der Waals surface area contributed by atoms with E-state index in [0.29, 0.717) is 11.6 Å². The van der Waals surface area contributed by atoms with Crippen molar-refractivity contribution in [3.63, 3.8) is 0 Å². The normalized spacial score (nSPS) is 10.8. The number of benzene rings is 2. The summed E-state index contributed by atoms with van der Waals surface area (Å²) in [7, 11) is 0. The van der Waals surface area contributed by atoms with Crippen LogP contribution in [0, 0.1) is 18.6 Å². The average molecular weight is 436 g/mol. The van der Waals surface area contributed by atoms with E-state index in [-0.39, 0.29) is 32.6 Å². The first-order chi connectivity index (χ1) is 13.7. The van der Waals surface area contributed by atoms with E-state index >= 15 is 0 Å². The van der Waals surface area contributed by atoms with Crippen molar-refractivity contribution in [2.24, 2.45) is 0 Å². The SMILES string of the molecule is C=Cc1c(-c2ccc(Cl)c(Cl)c2)c(C(=O)O)c(=O)n(-c2ccc(F)cc2F)c1C. The van der Waals surface area contributed by atoms with E-state index in [0.717, 1.165) is 16.7 Å². The van der Waals surface area contributed by atoms with E-state index in [1.165, 1.54) is 31.2 Å². The minimum absolute atomic E-state index is 0.0762. The quantitative estimate of drug-likeness (QED) is 0.568. The third-order valence-electron chi connectivity index (χ3n) is 4.44. The van der Waals surface area contributed by atoms with Crippen LogP contribution >= 0.6 is 23.2 Å². The Morgan fingerprint density at radius 3 is 2.38 bits per heavy atom. The van der Waals surface area contributed by atoms with Crippen molar-refractivity contribution in [1.29, 1.82) is 0 Å². The molecule has 8 heteroatoms. The number of carbonyl (C=O) groups is 1. The average Bonchev–Trinajstić information content (AvgIpc) is 2.65. The lowest BCUT2D eigenvalue weighted by molar-refractivity contribution is 0.0695. The Bertz CT molecular complexity index is 1240. The van der Waals surface area contributed by atoms with Crippen molar-refractivity contribution >= 4 is 35.2 Å². The van der Waals surface area contributed by atoms with Gasteiger partial charge in [-0.15, -0.1) is 0 Å². The van der Waals surface area contributed by atoms with Crippen LogP contribution in [0.3, 0.4) is 0 Å². The van der Waals surface area contributed by atoms with Gasteiger partial charge in [-0.3, -0.25) is 9.36 Å². The molecule has 3 rings (SSSR count). The molecule has 0 radical (unpaired) electrons. The van der Waals surface area contributed by atoms with Crippen molar-refractivity contribution in [1.82, 2.24) is 4.57 Å². The molecule has 0 aliphatic rings. The minimum Gasteiger partial charge on any atom is -0.477 e. The number of carboxylic acid groups (broad SMARTS) is 1. The molecule has 1 N–H and O–H groups in total. The maximum Gasteiger partial charge on any atom is 0.342 e. The number of hydrogen-bond acceptors (Lipinski definition) is 2. The molecule has 0 bridgehead atoms. The number of halogens is 4. The highest BCUT2D eigenvalue weighted by Gasteiger charge is 2.26.